The van der Waals surface area contributed by atoms with Crippen molar-refractivity contribution in [1.82, 2.24) is 0 Å². The molecule has 0 heterocycles. The molecule has 20 heavy (non-hydrogen) atoms. The van der Waals surface area contributed by atoms with Gasteiger partial charge in [-0.2, -0.15) is 0 Å². The summed E-state index contributed by atoms with van der Waals surface area (Å²) < 4.78 is 5.49. The van der Waals surface area contributed by atoms with E-state index in [1.54, 1.807) is 0 Å². The van der Waals surface area contributed by atoms with Crippen LogP contribution in [0.1, 0.15) is 24.5 Å². The normalized spacial score (nSPS) is 13.1. The van der Waals surface area contributed by atoms with Gasteiger partial charge in [0.1, 0.15) is 5.75 Å². The van der Waals surface area contributed by atoms with E-state index >= 15 is 0 Å². The highest BCUT2D eigenvalue weighted by Crippen LogP contribution is 2.30. The Morgan fingerprint density at radius 3 is 2.40 bits per heavy atom. The third kappa shape index (κ3) is 2.51. The minimum atomic E-state index is 0.708. The molecule has 0 amide bonds. The van der Waals surface area contributed by atoms with Gasteiger partial charge >= 0.3 is 0 Å². The van der Waals surface area contributed by atoms with Crippen molar-refractivity contribution in [3.05, 3.63) is 53.6 Å². The summed E-state index contributed by atoms with van der Waals surface area (Å²) in [6, 6.07) is 15.1. The van der Waals surface area contributed by atoms with Crippen molar-refractivity contribution < 1.29 is 4.74 Å². The average molecular weight is 267 g/mol. The molecule has 0 aliphatic heterocycles. The number of anilines is 2. The Bertz CT molecular complexity index is 589. The number of hydrogen-bond acceptors (Lipinski definition) is 2. The fourth-order valence-corrected chi connectivity index (χ4v) is 2.85. The van der Waals surface area contributed by atoms with Crippen LogP contribution in [0.4, 0.5) is 11.4 Å². The van der Waals surface area contributed by atoms with E-state index < -0.39 is 0 Å². The standard InChI is InChI=1S/C18H21NO/c1-3-20-18-11-9-16(10-12-18)19(2)17-8-7-14-5-4-6-15(14)13-17/h7-13H,3-6H2,1-2H3. The SMILES string of the molecule is CCOc1ccc(N(C)c2ccc3c(c2)CCC3)cc1. The Morgan fingerprint density at radius 2 is 1.65 bits per heavy atom. The molecule has 0 fully saturated rings. The molecule has 104 valence electrons. The molecular formula is C18H21NO. The van der Waals surface area contributed by atoms with Gasteiger partial charge in [0.25, 0.3) is 0 Å². The highest BCUT2D eigenvalue weighted by atomic mass is 16.5. The van der Waals surface area contributed by atoms with Gasteiger partial charge in [-0.05, 0) is 73.7 Å². The second-order valence-corrected chi connectivity index (χ2v) is 5.29. The summed E-state index contributed by atoms with van der Waals surface area (Å²) in [7, 11) is 2.12. The molecule has 0 aromatic heterocycles. The van der Waals surface area contributed by atoms with E-state index in [1.807, 2.05) is 19.1 Å². The molecule has 1 aliphatic carbocycles. The molecule has 0 radical (unpaired) electrons. The Kier molecular flexibility index (Phi) is 3.64. The minimum absolute atomic E-state index is 0.708. The van der Waals surface area contributed by atoms with Gasteiger partial charge in [0.15, 0.2) is 0 Å². The first-order valence-electron chi connectivity index (χ1n) is 7.36. The van der Waals surface area contributed by atoms with Crippen LogP contribution in [0.3, 0.4) is 0 Å². The molecule has 2 aromatic carbocycles. The third-order valence-corrected chi connectivity index (χ3v) is 4.00. The van der Waals surface area contributed by atoms with Gasteiger partial charge in [-0.1, -0.05) is 6.07 Å². The maximum absolute atomic E-state index is 5.49. The van der Waals surface area contributed by atoms with Crippen LogP contribution in [0.25, 0.3) is 0 Å². The van der Waals surface area contributed by atoms with Crippen molar-refractivity contribution in [2.45, 2.75) is 26.2 Å². The summed E-state index contributed by atoms with van der Waals surface area (Å²) in [5.41, 5.74) is 5.48. The molecule has 0 spiro atoms. The van der Waals surface area contributed by atoms with Gasteiger partial charge in [-0.3, -0.25) is 0 Å². The highest BCUT2D eigenvalue weighted by molar-refractivity contribution is 5.64. The first-order valence-corrected chi connectivity index (χ1v) is 7.36. The van der Waals surface area contributed by atoms with E-state index in [4.69, 9.17) is 4.74 Å². The number of ether oxygens (including phenoxy) is 1. The quantitative estimate of drug-likeness (QED) is 0.817. The fraction of sp³-hybridized carbons (Fsp3) is 0.333. The van der Waals surface area contributed by atoms with Gasteiger partial charge in [-0.15, -0.1) is 0 Å². The zero-order valence-corrected chi connectivity index (χ0v) is 12.2. The molecule has 0 bridgehead atoms. The van der Waals surface area contributed by atoms with Crippen molar-refractivity contribution >= 4 is 11.4 Å². The maximum Gasteiger partial charge on any atom is 0.119 e. The number of rotatable bonds is 4. The lowest BCUT2D eigenvalue weighted by atomic mass is 10.1. The van der Waals surface area contributed by atoms with Gasteiger partial charge in [0, 0.05) is 18.4 Å². The molecule has 3 rings (SSSR count). The summed E-state index contributed by atoms with van der Waals surface area (Å²) in [6.07, 6.45) is 3.76. The predicted molar refractivity (Wildman–Crippen MR) is 84.1 cm³/mol. The predicted octanol–water partition coefficient (Wildman–Crippen LogP) is 4.34. The van der Waals surface area contributed by atoms with E-state index in [-0.39, 0.29) is 0 Å². The summed E-state index contributed by atoms with van der Waals surface area (Å²) in [5.74, 6) is 0.929. The Morgan fingerprint density at radius 1 is 0.950 bits per heavy atom. The molecule has 0 saturated heterocycles. The Labute approximate surface area is 121 Å². The van der Waals surface area contributed by atoms with Crippen LogP contribution in [0.15, 0.2) is 42.5 Å². The van der Waals surface area contributed by atoms with Crippen LogP contribution < -0.4 is 9.64 Å². The molecular weight excluding hydrogens is 246 g/mol. The zero-order chi connectivity index (χ0) is 13.9. The molecule has 0 N–H and O–H groups in total. The van der Waals surface area contributed by atoms with Gasteiger partial charge < -0.3 is 9.64 Å². The Balaban J connectivity index is 1.82. The second-order valence-electron chi connectivity index (χ2n) is 5.29. The molecule has 2 nitrogen and oxygen atoms in total. The van der Waals surface area contributed by atoms with Crippen LogP contribution in [0, 0.1) is 0 Å². The molecule has 0 unspecified atom stereocenters. The highest BCUT2D eigenvalue weighted by Gasteiger charge is 2.12. The topological polar surface area (TPSA) is 12.5 Å². The van der Waals surface area contributed by atoms with Crippen LogP contribution >= 0.6 is 0 Å². The van der Waals surface area contributed by atoms with Crippen molar-refractivity contribution in [2.24, 2.45) is 0 Å². The third-order valence-electron chi connectivity index (χ3n) is 4.00. The number of aryl methyl sites for hydroxylation is 2. The summed E-state index contributed by atoms with van der Waals surface area (Å²) >= 11 is 0. The molecule has 2 heteroatoms. The smallest absolute Gasteiger partial charge is 0.119 e. The van der Waals surface area contributed by atoms with Gasteiger partial charge in [0.2, 0.25) is 0 Å². The summed E-state index contributed by atoms with van der Waals surface area (Å²) in [4.78, 5) is 2.23. The first-order chi connectivity index (χ1) is 9.78. The van der Waals surface area contributed by atoms with Gasteiger partial charge in [-0.25, -0.2) is 0 Å². The molecule has 0 atom stereocenters. The van der Waals surface area contributed by atoms with E-state index in [2.05, 4.69) is 42.3 Å². The lowest BCUT2D eigenvalue weighted by molar-refractivity contribution is 0.340. The van der Waals surface area contributed by atoms with Crippen LogP contribution in [-0.2, 0) is 12.8 Å². The fourth-order valence-electron chi connectivity index (χ4n) is 2.85. The van der Waals surface area contributed by atoms with E-state index in [1.165, 1.54) is 41.8 Å². The minimum Gasteiger partial charge on any atom is -0.494 e. The van der Waals surface area contributed by atoms with Crippen LogP contribution in [0.2, 0.25) is 0 Å². The molecule has 1 aliphatic rings. The van der Waals surface area contributed by atoms with Crippen molar-refractivity contribution in [2.75, 3.05) is 18.6 Å². The lowest BCUT2D eigenvalue weighted by Gasteiger charge is -2.20. The van der Waals surface area contributed by atoms with E-state index in [0.29, 0.717) is 6.61 Å². The second kappa shape index (κ2) is 5.58. The number of hydrogen-bond donors (Lipinski definition) is 0. The average Bonchev–Trinajstić information content (AvgIpc) is 2.95. The van der Waals surface area contributed by atoms with Crippen molar-refractivity contribution in [1.29, 1.82) is 0 Å². The molecule has 2 aromatic rings. The summed E-state index contributed by atoms with van der Waals surface area (Å²) in [6.45, 7) is 2.71. The van der Waals surface area contributed by atoms with Crippen molar-refractivity contribution in [3.8, 4) is 5.75 Å². The van der Waals surface area contributed by atoms with E-state index in [0.717, 1.165) is 5.75 Å². The van der Waals surface area contributed by atoms with Crippen LogP contribution in [-0.4, -0.2) is 13.7 Å². The molecule has 0 saturated carbocycles. The van der Waals surface area contributed by atoms with Crippen LogP contribution in [0.5, 0.6) is 5.75 Å². The Hall–Kier alpha value is -1.96. The number of benzene rings is 2. The number of nitrogens with zero attached hydrogens (tertiary/aromatic N) is 1. The van der Waals surface area contributed by atoms with Crippen molar-refractivity contribution in [3.63, 3.8) is 0 Å². The van der Waals surface area contributed by atoms with E-state index in [9.17, 15) is 0 Å². The summed E-state index contributed by atoms with van der Waals surface area (Å²) in [5, 5.41) is 0. The maximum atomic E-state index is 5.49. The largest absolute Gasteiger partial charge is 0.494 e. The lowest BCUT2D eigenvalue weighted by Crippen LogP contribution is -2.09. The first kappa shape index (κ1) is 13.0. The monoisotopic (exact) mass is 267 g/mol. The zero-order valence-electron chi connectivity index (χ0n) is 12.2. The number of fused-ring (bicyclic) bond motifs is 1. The van der Waals surface area contributed by atoms with Gasteiger partial charge in [0.05, 0.1) is 6.61 Å².